The molecule has 0 radical (unpaired) electrons. The third-order valence-corrected chi connectivity index (χ3v) is 3.84. The monoisotopic (exact) mass is 340 g/mol. The van der Waals surface area contributed by atoms with Gasteiger partial charge < -0.3 is 9.84 Å². The van der Waals surface area contributed by atoms with Crippen molar-refractivity contribution >= 4 is 11.9 Å². The number of carboxylic acids is 1. The maximum atomic E-state index is 12.3. The molecule has 0 saturated carbocycles. The normalized spacial score (nSPS) is 12.6. The molecule has 0 heterocycles. The molecule has 2 rings (SSSR count). The zero-order valence-electron chi connectivity index (χ0n) is 14.8. The van der Waals surface area contributed by atoms with E-state index in [1.807, 2.05) is 60.7 Å². The molecule has 0 aromatic heterocycles. The van der Waals surface area contributed by atoms with Crippen molar-refractivity contribution in [3.05, 3.63) is 71.8 Å². The lowest BCUT2D eigenvalue weighted by Crippen LogP contribution is -2.30. The van der Waals surface area contributed by atoms with Crippen LogP contribution in [0.1, 0.15) is 44.2 Å². The van der Waals surface area contributed by atoms with Crippen LogP contribution in [0.4, 0.5) is 0 Å². The average molecular weight is 340 g/mol. The van der Waals surface area contributed by atoms with E-state index in [9.17, 15) is 14.7 Å². The number of aliphatic carboxylic acids is 1. The molecule has 0 saturated heterocycles. The van der Waals surface area contributed by atoms with Gasteiger partial charge in [0.2, 0.25) is 0 Å². The molecule has 0 fully saturated rings. The van der Waals surface area contributed by atoms with Gasteiger partial charge in [-0.15, -0.1) is 0 Å². The number of benzene rings is 2. The molecule has 0 aliphatic heterocycles. The molecule has 25 heavy (non-hydrogen) atoms. The lowest BCUT2D eigenvalue weighted by molar-refractivity contribution is -0.160. The van der Waals surface area contributed by atoms with Crippen LogP contribution in [-0.4, -0.2) is 22.6 Å². The minimum absolute atomic E-state index is 0.180. The predicted octanol–water partition coefficient (Wildman–Crippen LogP) is 4.25. The van der Waals surface area contributed by atoms with E-state index in [4.69, 9.17) is 4.74 Å². The Hall–Kier alpha value is -2.62. The van der Waals surface area contributed by atoms with Crippen LogP contribution in [0, 0.1) is 5.92 Å². The van der Waals surface area contributed by atoms with E-state index >= 15 is 0 Å². The molecule has 0 amide bonds. The lowest BCUT2D eigenvalue weighted by Gasteiger charge is -2.26. The van der Waals surface area contributed by atoms with Gasteiger partial charge in [0.25, 0.3) is 0 Å². The fourth-order valence-corrected chi connectivity index (χ4v) is 2.89. The highest BCUT2D eigenvalue weighted by molar-refractivity contribution is 5.80. The van der Waals surface area contributed by atoms with Crippen molar-refractivity contribution in [1.82, 2.24) is 0 Å². The molecule has 0 aliphatic carbocycles. The molecule has 1 N–H and O–H groups in total. The molecule has 2 aromatic carbocycles. The topological polar surface area (TPSA) is 63.6 Å². The van der Waals surface area contributed by atoms with Gasteiger partial charge in [0.1, 0.15) is 5.60 Å². The first-order chi connectivity index (χ1) is 11.8. The third-order valence-electron chi connectivity index (χ3n) is 3.84. The van der Waals surface area contributed by atoms with Crippen molar-refractivity contribution in [2.24, 2.45) is 5.92 Å². The second-order valence-electron chi connectivity index (χ2n) is 7.03. The third kappa shape index (κ3) is 5.45. The summed E-state index contributed by atoms with van der Waals surface area (Å²) in [5.41, 5.74) is 1.09. The molecule has 4 heteroatoms. The van der Waals surface area contributed by atoms with Gasteiger partial charge in [0, 0.05) is 5.92 Å². The van der Waals surface area contributed by atoms with Crippen LogP contribution >= 0.6 is 0 Å². The maximum absolute atomic E-state index is 12.3. The number of carbonyl (C=O) groups is 2. The molecule has 0 spiro atoms. The molecule has 132 valence electrons. The molecule has 1 atom stereocenters. The fourth-order valence-electron chi connectivity index (χ4n) is 2.89. The summed E-state index contributed by atoms with van der Waals surface area (Å²) < 4.78 is 5.34. The highest BCUT2D eigenvalue weighted by atomic mass is 16.6. The molecular weight excluding hydrogens is 316 g/mol. The van der Waals surface area contributed by atoms with Crippen molar-refractivity contribution < 1.29 is 19.4 Å². The largest absolute Gasteiger partial charge is 0.481 e. The maximum Gasteiger partial charge on any atom is 0.308 e. The fraction of sp³-hybridized carbons (Fsp3) is 0.333. The Bertz CT molecular complexity index is 662. The number of rotatable bonds is 6. The SMILES string of the molecule is CC(C)(C)OC(=O)C[C@H](C(=O)O)C(c1ccccc1)c1ccccc1. The first kappa shape index (κ1) is 18.7. The zero-order valence-corrected chi connectivity index (χ0v) is 14.8. The molecule has 0 unspecified atom stereocenters. The van der Waals surface area contributed by atoms with Crippen LogP contribution in [-0.2, 0) is 14.3 Å². The summed E-state index contributed by atoms with van der Waals surface area (Å²) in [6.07, 6.45) is -0.180. The van der Waals surface area contributed by atoms with Crippen LogP contribution in [0.3, 0.4) is 0 Å². The first-order valence-corrected chi connectivity index (χ1v) is 8.32. The smallest absolute Gasteiger partial charge is 0.308 e. The summed E-state index contributed by atoms with van der Waals surface area (Å²) in [5.74, 6) is -2.84. The molecule has 2 aromatic rings. The Morgan fingerprint density at radius 1 is 0.920 bits per heavy atom. The molecule has 0 aliphatic rings. The van der Waals surface area contributed by atoms with Gasteiger partial charge >= 0.3 is 11.9 Å². The van der Waals surface area contributed by atoms with Crippen LogP contribution < -0.4 is 0 Å². The summed E-state index contributed by atoms with van der Waals surface area (Å²) in [4.78, 5) is 24.2. The Labute approximate surface area is 148 Å². The Morgan fingerprint density at radius 3 is 1.72 bits per heavy atom. The van der Waals surface area contributed by atoms with E-state index in [0.29, 0.717) is 0 Å². The summed E-state index contributed by atoms with van der Waals surface area (Å²) in [5, 5.41) is 9.81. The van der Waals surface area contributed by atoms with Crippen LogP contribution in [0.5, 0.6) is 0 Å². The van der Waals surface area contributed by atoms with E-state index in [0.717, 1.165) is 11.1 Å². The van der Waals surface area contributed by atoms with Gasteiger partial charge in [0.05, 0.1) is 12.3 Å². The van der Waals surface area contributed by atoms with Crippen molar-refractivity contribution in [2.75, 3.05) is 0 Å². The quantitative estimate of drug-likeness (QED) is 0.799. The van der Waals surface area contributed by atoms with E-state index < -0.39 is 29.4 Å². The predicted molar refractivity (Wildman–Crippen MR) is 96.3 cm³/mol. The lowest BCUT2D eigenvalue weighted by atomic mass is 9.79. The number of ether oxygens (including phenoxy) is 1. The average Bonchev–Trinajstić information content (AvgIpc) is 2.54. The standard InChI is InChI=1S/C21H24O4/c1-21(2,3)25-18(22)14-17(20(23)24)19(15-10-6-4-7-11-15)16-12-8-5-9-13-16/h4-13,17,19H,14H2,1-3H3,(H,23,24)/t17-/m0/s1. The minimum Gasteiger partial charge on any atom is -0.481 e. The van der Waals surface area contributed by atoms with Crippen LogP contribution in [0.2, 0.25) is 0 Å². The van der Waals surface area contributed by atoms with Gasteiger partial charge in [-0.25, -0.2) is 0 Å². The Kier molecular flexibility index (Phi) is 5.97. The van der Waals surface area contributed by atoms with Crippen LogP contribution in [0.15, 0.2) is 60.7 Å². The van der Waals surface area contributed by atoms with Gasteiger partial charge in [-0.2, -0.15) is 0 Å². The zero-order chi connectivity index (χ0) is 18.4. The molecule has 0 bridgehead atoms. The number of esters is 1. The van der Waals surface area contributed by atoms with E-state index in [2.05, 4.69) is 0 Å². The highest BCUT2D eigenvalue weighted by Gasteiger charge is 2.34. The Balaban J connectivity index is 2.38. The first-order valence-electron chi connectivity index (χ1n) is 8.32. The van der Waals surface area contributed by atoms with Gasteiger partial charge in [-0.05, 0) is 31.9 Å². The Morgan fingerprint density at radius 2 is 1.36 bits per heavy atom. The molecular formula is C21H24O4. The van der Waals surface area contributed by atoms with Crippen molar-refractivity contribution in [3.8, 4) is 0 Å². The van der Waals surface area contributed by atoms with Gasteiger partial charge in [-0.1, -0.05) is 60.7 Å². The van der Waals surface area contributed by atoms with E-state index in [1.54, 1.807) is 20.8 Å². The number of carbonyl (C=O) groups excluding carboxylic acids is 1. The minimum atomic E-state index is -1.01. The number of hydrogen-bond acceptors (Lipinski definition) is 3. The second-order valence-corrected chi connectivity index (χ2v) is 7.03. The van der Waals surface area contributed by atoms with E-state index in [1.165, 1.54) is 0 Å². The van der Waals surface area contributed by atoms with Gasteiger partial charge in [-0.3, -0.25) is 9.59 Å². The summed E-state index contributed by atoms with van der Waals surface area (Å²) in [7, 11) is 0. The summed E-state index contributed by atoms with van der Waals surface area (Å²) in [6.45, 7) is 5.31. The second kappa shape index (κ2) is 7.97. The number of hydrogen-bond donors (Lipinski definition) is 1. The van der Waals surface area contributed by atoms with Crippen LogP contribution in [0.25, 0.3) is 0 Å². The van der Waals surface area contributed by atoms with Crippen molar-refractivity contribution in [3.63, 3.8) is 0 Å². The van der Waals surface area contributed by atoms with E-state index in [-0.39, 0.29) is 6.42 Å². The summed E-state index contributed by atoms with van der Waals surface area (Å²) >= 11 is 0. The highest BCUT2D eigenvalue weighted by Crippen LogP contribution is 2.34. The molecule has 4 nitrogen and oxygen atoms in total. The van der Waals surface area contributed by atoms with Crippen molar-refractivity contribution in [2.45, 2.75) is 38.7 Å². The number of carboxylic acid groups (broad SMARTS) is 1. The van der Waals surface area contributed by atoms with Gasteiger partial charge in [0.15, 0.2) is 0 Å². The van der Waals surface area contributed by atoms with Crippen molar-refractivity contribution in [1.29, 1.82) is 0 Å². The summed E-state index contributed by atoms with van der Waals surface area (Å²) in [6, 6.07) is 18.8.